The van der Waals surface area contributed by atoms with Crippen LogP contribution >= 0.6 is 0 Å². The van der Waals surface area contributed by atoms with E-state index in [0.717, 1.165) is 68.2 Å². The third-order valence-electron chi connectivity index (χ3n) is 14.1. The van der Waals surface area contributed by atoms with E-state index in [4.69, 9.17) is 13.9 Å². The van der Waals surface area contributed by atoms with Gasteiger partial charge < -0.3 is 18.8 Å². The largest absolute Gasteiger partial charge is 0.456 e. The van der Waals surface area contributed by atoms with Gasteiger partial charge in [-0.2, -0.15) is 0 Å². The Labute approximate surface area is 376 Å². The van der Waals surface area contributed by atoms with Gasteiger partial charge in [0, 0.05) is 39.2 Å². The fourth-order valence-corrected chi connectivity index (χ4v) is 11.4. The van der Waals surface area contributed by atoms with Gasteiger partial charge in [-0.1, -0.05) is 164 Å². The molecule has 0 saturated carbocycles. The summed E-state index contributed by atoms with van der Waals surface area (Å²) in [6.07, 6.45) is 7.87. The lowest BCUT2D eigenvalue weighted by molar-refractivity contribution is 0.360. The molecular formula is C61H39NO3. The number of hydrogen-bond donors (Lipinski definition) is 0. The highest BCUT2D eigenvalue weighted by molar-refractivity contribution is 6.07. The maximum atomic E-state index is 7.16. The van der Waals surface area contributed by atoms with E-state index in [1.165, 1.54) is 49.9 Å². The Hall–Kier alpha value is -8.34. The van der Waals surface area contributed by atoms with Crippen LogP contribution in [0.2, 0.25) is 0 Å². The summed E-state index contributed by atoms with van der Waals surface area (Å²) in [6.45, 7) is 0. The van der Waals surface area contributed by atoms with Crippen molar-refractivity contribution in [2.45, 2.75) is 17.8 Å². The number of ether oxygens (including phenoxy) is 2. The van der Waals surface area contributed by atoms with Gasteiger partial charge in [0.05, 0.1) is 11.1 Å². The first-order valence-corrected chi connectivity index (χ1v) is 22.4. The van der Waals surface area contributed by atoms with E-state index in [0.29, 0.717) is 11.5 Å². The van der Waals surface area contributed by atoms with Gasteiger partial charge in [-0.05, 0) is 111 Å². The molecule has 0 fully saturated rings. The van der Waals surface area contributed by atoms with Gasteiger partial charge in [-0.3, -0.25) is 0 Å². The smallest absolute Gasteiger partial charge is 0.178 e. The van der Waals surface area contributed by atoms with Crippen LogP contribution in [0.25, 0.3) is 55.3 Å². The highest BCUT2D eigenvalue weighted by atomic mass is 16.6. The first-order chi connectivity index (χ1) is 32.2. The number of nitrogens with zero attached hydrogens (tertiary/aromatic N) is 1. The molecule has 14 rings (SSSR count). The Morgan fingerprint density at radius 2 is 1.15 bits per heavy atom. The third kappa shape index (κ3) is 5.14. The molecule has 4 aliphatic rings. The summed E-state index contributed by atoms with van der Waals surface area (Å²) in [5.41, 5.74) is 18.0. The lowest BCUT2D eigenvalue weighted by atomic mass is 9.70. The predicted molar refractivity (Wildman–Crippen MR) is 262 cm³/mol. The Balaban J connectivity index is 0.857. The van der Waals surface area contributed by atoms with Crippen molar-refractivity contribution in [2.24, 2.45) is 0 Å². The summed E-state index contributed by atoms with van der Waals surface area (Å²) in [6, 6.07) is 71.4. The van der Waals surface area contributed by atoms with Crippen molar-refractivity contribution in [3.63, 3.8) is 0 Å². The minimum Gasteiger partial charge on any atom is -0.456 e. The van der Waals surface area contributed by atoms with Crippen molar-refractivity contribution < 1.29 is 13.9 Å². The highest BCUT2D eigenvalue weighted by Crippen LogP contribution is 2.66. The Morgan fingerprint density at radius 1 is 0.492 bits per heavy atom. The lowest BCUT2D eigenvalue weighted by Gasteiger charge is -2.31. The Kier molecular flexibility index (Phi) is 7.70. The first-order valence-electron chi connectivity index (χ1n) is 22.4. The number of hydrogen-bond acceptors (Lipinski definition) is 4. The van der Waals surface area contributed by atoms with Gasteiger partial charge in [0.2, 0.25) is 0 Å². The zero-order chi connectivity index (χ0) is 42.6. The molecule has 4 heteroatoms. The summed E-state index contributed by atoms with van der Waals surface area (Å²) in [5.74, 6) is 3.07. The molecule has 3 aliphatic carbocycles. The Bertz CT molecular complexity index is 3620. The molecule has 0 bridgehead atoms. The van der Waals surface area contributed by atoms with Crippen molar-refractivity contribution in [2.75, 3.05) is 4.90 Å². The van der Waals surface area contributed by atoms with Gasteiger partial charge in [0.1, 0.15) is 11.2 Å². The molecule has 1 unspecified atom stereocenters. The molecule has 306 valence electrons. The van der Waals surface area contributed by atoms with Gasteiger partial charge in [-0.25, -0.2) is 0 Å². The quantitative estimate of drug-likeness (QED) is 0.173. The second kappa shape index (κ2) is 13.8. The molecular weight excluding hydrogens is 795 g/mol. The summed E-state index contributed by atoms with van der Waals surface area (Å²) in [5, 5.41) is 2.36. The van der Waals surface area contributed by atoms with Crippen LogP contribution in [0.15, 0.2) is 229 Å². The summed E-state index contributed by atoms with van der Waals surface area (Å²) < 4.78 is 20.2. The molecule has 9 aromatic carbocycles. The molecule has 0 amide bonds. The molecule has 0 radical (unpaired) electrons. The molecule has 1 aliphatic heterocycles. The van der Waals surface area contributed by atoms with Crippen LogP contribution in [-0.2, 0) is 5.41 Å². The number of para-hydroxylation sites is 3. The number of allylic oxidation sites excluding steroid dienone is 3. The number of rotatable bonds is 5. The second-order valence-electron chi connectivity index (χ2n) is 17.4. The first kappa shape index (κ1) is 36.2. The molecule has 1 aromatic heterocycles. The highest BCUT2D eigenvalue weighted by Gasteiger charge is 2.53. The monoisotopic (exact) mass is 833 g/mol. The van der Waals surface area contributed by atoms with Crippen LogP contribution < -0.4 is 14.4 Å². The van der Waals surface area contributed by atoms with E-state index >= 15 is 0 Å². The van der Waals surface area contributed by atoms with Crippen molar-refractivity contribution in [3.05, 3.63) is 252 Å². The summed E-state index contributed by atoms with van der Waals surface area (Å²) in [4.78, 5) is 2.38. The molecule has 1 atom stereocenters. The third-order valence-corrected chi connectivity index (χ3v) is 14.1. The zero-order valence-electron chi connectivity index (χ0n) is 35.2. The molecule has 4 nitrogen and oxygen atoms in total. The molecule has 0 N–H and O–H groups in total. The van der Waals surface area contributed by atoms with Crippen molar-refractivity contribution in [3.8, 4) is 56.4 Å². The van der Waals surface area contributed by atoms with Crippen LogP contribution in [0, 0.1) is 0 Å². The number of anilines is 2. The average molecular weight is 834 g/mol. The van der Waals surface area contributed by atoms with E-state index in [1.54, 1.807) is 0 Å². The van der Waals surface area contributed by atoms with Crippen LogP contribution in [0.3, 0.4) is 0 Å². The maximum absolute atomic E-state index is 7.16. The summed E-state index contributed by atoms with van der Waals surface area (Å²) in [7, 11) is 0. The Morgan fingerprint density at radius 3 is 1.94 bits per heavy atom. The minimum atomic E-state index is -0.470. The predicted octanol–water partition coefficient (Wildman–Crippen LogP) is 16.3. The van der Waals surface area contributed by atoms with Crippen molar-refractivity contribution in [1.29, 1.82) is 0 Å². The molecule has 2 heterocycles. The van der Waals surface area contributed by atoms with E-state index in [1.807, 2.05) is 12.1 Å². The zero-order valence-corrected chi connectivity index (χ0v) is 35.2. The maximum Gasteiger partial charge on any atom is 0.178 e. The van der Waals surface area contributed by atoms with E-state index < -0.39 is 5.41 Å². The van der Waals surface area contributed by atoms with Crippen molar-refractivity contribution in [1.82, 2.24) is 0 Å². The van der Waals surface area contributed by atoms with Crippen LogP contribution in [0.1, 0.15) is 40.2 Å². The lowest BCUT2D eigenvalue weighted by Crippen LogP contribution is -2.25. The minimum absolute atomic E-state index is 0.207. The van der Waals surface area contributed by atoms with Crippen LogP contribution in [-0.4, -0.2) is 0 Å². The van der Waals surface area contributed by atoms with E-state index in [-0.39, 0.29) is 5.92 Å². The second-order valence-corrected chi connectivity index (χ2v) is 17.4. The van der Waals surface area contributed by atoms with Crippen molar-refractivity contribution >= 4 is 33.3 Å². The number of benzene rings is 9. The topological polar surface area (TPSA) is 34.8 Å². The van der Waals surface area contributed by atoms with Gasteiger partial charge in [0.25, 0.3) is 0 Å². The van der Waals surface area contributed by atoms with Gasteiger partial charge >= 0.3 is 0 Å². The van der Waals surface area contributed by atoms with Gasteiger partial charge in [-0.15, -0.1) is 0 Å². The average Bonchev–Trinajstić information content (AvgIpc) is 4.01. The van der Waals surface area contributed by atoms with Crippen LogP contribution in [0.4, 0.5) is 11.4 Å². The fourth-order valence-electron chi connectivity index (χ4n) is 11.4. The SMILES string of the molecule is C1=CC(c2cccc3oc4ccccc4c23)CC=C1N(c1ccccc1)c1ccccc1-c1ccc2c(c1)Oc1c(ccc3c1-c1ccccc1C31c3ccccc3-c3ccccc31)O2. The summed E-state index contributed by atoms with van der Waals surface area (Å²) >= 11 is 0. The van der Waals surface area contributed by atoms with E-state index in [9.17, 15) is 0 Å². The fraction of sp³-hybridized carbons (Fsp3) is 0.0492. The molecule has 0 saturated heterocycles. The standard InChI is InChI=1S/C61H39NO3/c1-2-15-40(16-3-1)62(41-32-29-38(30-33-41)43-22-14-28-55-58(43)47-21-8-13-27-53(47)63-55)52-26-12-7-17-42(52)39-31-35-54-57(37-39)65-60-56(64-54)36-34-51-59(60)46-20-6-11-25-50(46)61(51)48-23-9-4-18-44(48)45-19-5-10-24-49(45)61/h1-29,31-38H,30H2. The van der Waals surface area contributed by atoms with E-state index in [2.05, 4.69) is 211 Å². The number of fused-ring (bicyclic) bond motifs is 16. The van der Waals surface area contributed by atoms with Crippen LogP contribution in [0.5, 0.6) is 23.0 Å². The molecule has 10 aromatic rings. The van der Waals surface area contributed by atoms with Gasteiger partial charge in [0.15, 0.2) is 23.0 Å². The molecule has 65 heavy (non-hydrogen) atoms. The number of furan rings is 1. The molecule has 1 spiro atoms. The normalized spacial score (nSPS) is 15.6.